The van der Waals surface area contributed by atoms with Gasteiger partial charge in [0.05, 0.1) is 18.4 Å². The van der Waals surface area contributed by atoms with Gasteiger partial charge in [0.2, 0.25) is 5.95 Å². The number of para-hydroxylation sites is 2. The van der Waals surface area contributed by atoms with Crippen molar-refractivity contribution < 1.29 is 9.53 Å². The Kier molecular flexibility index (Phi) is 5.43. The molecule has 1 aromatic heterocycles. The fraction of sp³-hybridized carbons (Fsp3) is 0.150. The number of aryl methyl sites for hydroxylation is 1. The second kappa shape index (κ2) is 8.11. The summed E-state index contributed by atoms with van der Waals surface area (Å²) in [6, 6.07) is 15.5. The third-order valence-corrected chi connectivity index (χ3v) is 3.80. The lowest BCUT2D eigenvalue weighted by atomic mass is 10.1. The van der Waals surface area contributed by atoms with E-state index in [1.807, 2.05) is 55.5 Å². The van der Waals surface area contributed by atoms with Crippen LogP contribution in [0.3, 0.4) is 0 Å². The van der Waals surface area contributed by atoms with Crippen LogP contribution in [0.5, 0.6) is 5.75 Å². The van der Waals surface area contributed by atoms with Gasteiger partial charge in [0, 0.05) is 18.9 Å². The average Bonchev–Trinajstić information content (AvgIpc) is 2.67. The smallest absolute Gasteiger partial charge is 0.254 e. The van der Waals surface area contributed by atoms with Crippen molar-refractivity contribution in [2.45, 2.75) is 13.5 Å². The van der Waals surface area contributed by atoms with Crippen LogP contribution in [-0.4, -0.2) is 23.0 Å². The molecule has 2 aromatic carbocycles. The van der Waals surface area contributed by atoms with Crippen LogP contribution in [0.25, 0.3) is 0 Å². The SMILES string of the molecule is COc1ccccc1Nc1ncc(C(=O)NCc2cccc(C)c2)cn1. The fourth-order valence-corrected chi connectivity index (χ4v) is 2.48. The van der Waals surface area contributed by atoms with Gasteiger partial charge in [-0.1, -0.05) is 42.0 Å². The molecule has 0 aliphatic heterocycles. The highest BCUT2D eigenvalue weighted by Crippen LogP contribution is 2.25. The number of aromatic nitrogens is 2. The van der Waals surface area contributed by atoms with Gasteiger partial charge in [-0.05, 0) is 24.6 Å². The highest BCUT2D eigenvalue weighted by molar-refractivity contribution is 5.93. The predicted molar refractivity (Wildman–Crippen MR) is 101 cm³/mol. The maximum Gasteiger partial charge on any atom is 0.254 e. The van der Waals surface area contributed by atoms with Crippen molar-refractivity contribution >= 4 is 17.5 Å². The molecule has 0 unspecified atom stereocenters. The largest absolute Gasteiger partial charge is 0.495 e. The molecule has 6 nitrogen and oxygen atoms in total. The van der Waals surface area contributed by atoms with E-state index in [4.69, 9.17) is 4.74 Å². The molecule has 0 fully saturated rings. The molecule has 0 spiro atoms. The molecule has 0 aliphatic rings. The first-order valence-corrected chi connectivity index (χ1v) is 8.21. The molecule has 3 aromatic rings. The number of hydrogen-bond donors (Lipinski definition) is 2. The van der Waals surface area contributed by atoms with Crippen LogP contribution in [0.4, 0.5) is 11.6 Å². The molecule has 3 rings (SSSR count). The third-order valence-electron chi connectivity index (χ3n) is 3.80. The second-order valence-corrected chi connectivity index (χ2v) is 5.79. The van der Waals surface area contributed by atoms with E-state index in [-0.39, 0.29) is 5.91 Å². The number of rotatable bonds is 6. The van der Waals surface area contributed by atoms with E-state index in [1.165, 1.54) is 12.4 Å². The Labute approximate surface area is 152 Å². The van der Waals surface area contributed by atoms with E-state index in [2.05, 4.69) is 20.6 Å². The number of hydrogen-bond acceptors (Lipinski definition) is 5. The van der Waals surface area contributed by atoms with Crippen molar-refractivity contribution in [3.8, 4) is 5.75 Å². The number of ether oxygens (including phenoxy) is 1. The van der Waals surface area contributed by atoms with Gasteiger partial charge in [0.25, 0.3) is 5.91 Å². The van der Waals surface area contributed by atoms with Crippen LogP contribution in [-0.2, 0) is 6.54 Å². The number of anilines is 2. The van der Waals surface area contributed by atoms with Crippen molar-refractivity contribution in [3.63, 3.8) is 0 Å². The van der Waals surface area contributed by atoms with Gasteiger partial charge < -0.3 is 15.4 Å². The summed E-state index contributed by atoms with van der Waals surface area (Å²) >= 11 is 0. The monoisotopic (exact) mass is 348 g/mol. The lowest BCUT2D eigenvalue weighted by Gasteiger charge is -2.10. The first-order valence-electron chi connectivity index (χ1n) is 8.21. The molecule has 0 radical (unpaired) electrons. The molecule has 6 heteroatoms. The van der Waals surface area contributed by atoms with Gasteiger partial charge in [0.15, 0.2) is 0 Å². The number of methoxy groups -OCH3 is 1. The first-order chi connectivity index (χ1) is 12.7. The zero-order chi connectivity index (χ0) is 18.4. The van der Waals surface area contributed by atoms with E-state index in [9.17, 15) is 4.79 Å². The number of carbonyl (C=O) groups excluding carboxylic acids is 1. The summed E-state index contributed by atoms with van der Waals surface area (Å²) < 4.78 is 5.28. The average molecular weight is 348 g/mol. The summed E-state index contributed by atoms with van der Waals surface area (Å²) in [5, 5.41) is 5.95. The normalized spacial score (nSPS) is 10.2. The number of amides is 1. The molecule has 0 atom stereocenters. The number of benzene rings is 2. The van der Waals surface area contributed by atoms with Gasteiger partial charge in [-0.3, -0.25) is 4.79 Å². The fourth-order valence-electron chi connectivity index (χ4n) is 2.48. The van der Waals surface area contributed by atoms with Gasteiger partial charge >= 0.3 is 0 Å². The number of nitrogens with zero attached hydrogens (tertiary/aromatic N) is 2. The van der Waals surface area contributed by atoms with Gasteiger partial charge in [-0.25, -0.2) is 9.97 Å². The molecule has 0 aliphatic carbocycles. The van der Waals surface area contributed by atoms with Gasteiger partial charge in [0.1, 0.15) is 5.75 Å². The zero-order valence-corrected chi connectivity index (χ0v) is 14.7. The third kappa shape index (κ3) is 4.36. The van der Waals surface area contributed by atoms with Crippen molar-refractivity contribution in [1.82, 2.24) is 15.3 Å². The first kappa shape index (κ1) is 17.4. The van der Waals surface area contributed by atoms with Crippen LogP contribution in [0.2, 0.25) is 0 Å². The highest BCUT2D eigenvalue weighted by Gasteiger charge is 2.08. The van der Waals surface area contributed by atoms with Crippen molar-refractivity contribution in [1.29, 1.82) is 0 Å². The Morgan fingerprint density at radius 3 is 2.58 bits per heavy atom. The highest BCUT2D eigenvalue weighted by atomic mass is 16.5. The Bertz CT molecular complexity index is 894. The molecular formula is C20H20N4O2. The molecule has 0 saturated carbocycles. The molecule has 26 heavy (non-hydrogen) atoms. The predicted octanol–water partition coefficient (Wildman–Crippen LogP) is 3.47. The number of carbonyl (C=O) groups is 1. The van der Waals surface area contributed by atoms with Gasteiger partial charge in [-0.15, -0.1) is 0 Å². The molecular weight excluding hydrogens is 328 g/mol. The summed E-state index contributed by atoms with van der Waals surface area (Å²) in [4.78, 5) is 20.6. The number of nitrogens with one attached hydrogen (secondary N) is 2. The minimum Gasteiger partial charge on any atom is -0.495 e. The quantitative estimate of drug-likeness (QED) is 0.713. The summed E-state index contributed by atoms with van der Waals surface area (Å²) in [5.41, 5.74) is 3.37. The van der Waals surface area contributed by atoms with E-state index >= 15 is 0 Å². The van der Waals surface area contributed by atoms with E-state index in [1.54, 1.807) is 7.11 Å². The Balaban J connectivity index is 1.62. The summed E-state index contributed by atoms with van der Waals surface area (Å²) in [7, 11) is 1.60. The van der Waals surface area contributed by atoms with E-state index in [0.717, 1.165) is 16.8 Å². The second-order valence-electron chi connectivity index (χ2n) is 5.79. The minimum absolute atomic E-state index is 0.213. The van der Waals surface area contributed by atoms with Crippen LogP contribution >= 0.6 is 0 Å². The molecule has 1 heterocycles. The minimum atomic E-state index is -0.213. The molecule has 0 bridgehead atoms. The zero-order valence-electron chi connectivity index (χ0n) is 14.7. The standard InChI is InChI=1S/C20H20N4O2/c1-14-6-5-7-15(10-14)11-21-19(25)16-12-22-20(23-13-16)24-17-8-3-4-9-18(17)26-2/h3-10,12-13H,11H2,1-2H3,(H,21,25)(H,22,23,24). The van der Waals surface area contributed by atoms with E-state index < -0.39 is 0 Å². The lowest BCUT2D eigenvalue weighted by molar-refractivity contribution is 0.0950. The Hall–Kier alpha value is -3.41. The molecule has 1 amide bonds. The summed E-state index contributed by atoms with van der Waals surface area (Å²) in [5.74, 6) is 0.871. The van der Waals surface area contributed by atoms with Crippen LogP contribution in [0.1, 0.15) is 21.5 Å². The summed E-state index contributed by atoms with van der Waals surface area (Å²) in [6.07, 6.45) is 2.99. The van der Waals surface area contributed by atoms with E-state index in [0.29, 0.717) is 23.8 Å². The molecule has 2 N–H and O–H groups in total. The van der Waals surface area contributed by atoms with Crippen LogP contribution in [0.15, 0.2) is 60.9 Å². The van der Waals surface area contributed by atoms with Crippen LogP contribution < -0.4 is 15.4 Å². The van der Waals surface area contributed by atoms with Gasteiger partial charge in [-0.2, -0.15) is 0 Å². The molecule has 132 valence electrons. The maximum atomic E-state index is 12.2. The topological polar surface area (TPSA) is 76.1 Å². The van der Waals surface area contributed by atoms with Crippen molar-refractivity contribution in [2.24, 2.45) is 0 Å². The molecule has 0 saturated heterocycles. The van der Waals surface area contributed by atoms with Crippen molar-refractivity contribution in [2.75, 3.05) is 12.4 Å². The van der Waals surface area contributed by atoms with Crippen LogP contribution in [0, 0.1) is 6.92 Å². The summed E-state index contributed by atoms with van der Waals surface area (Å²) in [6.45, 7) is 2.48. The lowest BCUT2D eigenvalue weighted by Crippen LogP contribution is -2.23. The Morgan fingerprint density at radius 1 is 1.08 bits per heavy atom. The Morgan fingerprint density at radius 2 is 1.85 bits per heavy atom. The van der Waals surface area contributed by atoms with Crippen molar-refractivity contribution in [3.05, 3.63) is 77.6 Å². The maximum absolute atomic E-state index is 12.2.